The molecule has 5 atom stereocenters. The van der Waals surface area contributed by atoms with Gasteiger partial charge in [-0.15, -0.1) is 0 Å². The molecule has 3 heterocycles. The van der Waals surface area contributed by atoms with E-state index in [0.29, 0.717) is 24.8 Å². The highest BCUT2D eigenvalue weighted by Gasteiger charge is 2.51. The van der Waals surface area contributed by atoms with Gasteiger partial charge in [0.25, 0.3) is 0 Å². The van der Waals surface area contributed by atoms with Crippen molar-refractivity contribution in [3.8, 4) is 0 Å². The average Bonchev–Trinajstić information content (AvgIpc) is 2.51. The Labute approximate surface area is 113 Å². The summed E-state index contributed by atoms with van der Waals surface area (Å²) in [7, 11) is 0. The molecule has 3 aliphatic heterocycles. The molecular formula is C15H20O4. The third-order valence-corrected chi connectivity index (χ3v) is 4.78. The zero-order chi connectivity index (χ0) is 13.8. The van der Waals surface area contributed by atoms with Crippen molar-refractivity contribution < 1.29 is 19.4 Å². The van der Waals surface area contributed by atoms with Gasteiger partial charge in [0.1, 0.15) is 6.10 Å². The summed E-state index contributed by atoms with van der Waals surface area (Å²) >= 11 is 0. The number of carbonyl (C=O) groups excluding carboxylic acids is 1. The first kappa shape index (κ1) is 12.9. The number of aliphatic hydroxyl groups excluding tert-OH is 1. The maximum atomic E-state index is 11.7. The second-order valence-electron chi connectivity index (χ2n) is 6.13. The Kier molecular flexibility index (Phi) is 2.84. The maximum absolute atomic E-state index is 11.7. The topological polar surface area (TPSA) is 55.8 Å². The van der Waals surface area contributed by atoms with Crippen molar-refractivity contribution in [3.05, 3.63) is 23.8 Å². The standard InChI is InChI=1S/C15H20O4/c1-8-4-5-13(16)15(3)7-12-10(6-11(8)19-15)9(2)14(17)18-12/h4,10-13,16H,2,5-7H2,1,3H3/t10-,11+,12+,13-,15-/m1/s1. The van der Waals surface area contributed by atoms with Crippen LogP contribution in [0.3, 0.4) is 0 Å². The lowest BCUT2D eigenvalue weighted by Crippen LogP contribution is -2.44. The Balaban J connectivity index is 1.99. The van der Waals surface area contributed by atoms with E-state index in [2.05, 4.69) is 6.58 Å². The van der Waals surface area contributed by atoms with Crippen LogP contribution in [0.4, 0.5) is 0 Å². The number of hydrogen-bond acceptors (Lipinski definition) is 4. The Morgan fingerprint density at radius 3 is 3.00 bits per heavy atom. The molecule has 0 spiro atoms. The smallest absolute Gasteiger partial charge is 0.334 e. The SMILES string of the molecule is C=C1C(=O)O[C@H]2C[C@@]3(C)O[C@@H](C[C@H]12)C(C)=CC[C@H]3O. The van der Waals surface area contributed by atoms with Gasteiger partial charge in [-0.2, -0.15) is 0 Å². The molecule has 0 aromatic heterocycles. The lowest BCUT2D eigenvalue weighted by atomic mass is 9.83. The molecule has 2 saturated heterocycles. The van der Waals surface area contributed by atoms with Crippen LogP contribution in [-0.4, -0.2) is 35.0 Å². The molecule has 0 unspecified atom stereocenters. The van der Waals surface area contributed by atoms with Crippen LogP contribution in [0.5, 0.6) is 0 Å². The summed E-state index contributed by atoms with van der Waals surface area (Å²) in [4.78, 5) is 11.7. The molecule has 0 amide bonds. The Hall–Kier alpha value is -1.13. The van der Waals surface area contributed by atoms with Crippen molar-refractivity contribution in [3.63, 3.8) is 0 Å². The first-order chi connectivity index (χ1) is 8.90. The predicted octanol–water partition coefficient (Wildman–Crippen LogP) is 1.73. The van der Waals surface area contributed by atoms with Gasteiger partial charge in [-0.05, 0) is 32.3 Å². The van der Waals surface area contributed by atoms with Gasteiger partial charge >= 0.3 is 5.97 Å². The minimum absolute atomic E-state index is 0.00738. The fourth-order valence-corrected chi connectivity index (χ4v) is 3.37. The molecule has 19 heavy (non-hydrogen) atoms. The monoisotopic (exact) mass is 264 g/mol. The summed E-state index contributed by atoms with van der Waals surface area (Å²) in [5.41, 5.74) is 1.00. The maximum Gasteiger partial charge on any atom is 0.334 e. The van der Waals surface area contributed by atoms with Gasteiger partial charge in [0.05, 0.1) is 17.8 Å². The summed E-state index contributed by atoms with van der Waals surface area (Å²) in [6.45, 7) is 7.78. The van der Waals surface area contributed by atoms with E-state index in [9.17, 15) is 9.90 Å². The fourth-order valence-electron chi connectivity index (χ4n) is 3.37. The quantitative estimate of drug-likeness (QED) is 0.411. The molecule has 1 N–H and O–H groups in total. The molecule has 104 valence electrons. The van der Waals surface area contributed by atoms with E-state index in [1.54, 1.807) is 0 Å². The third kappa shape index (κ3) is 1.94. The van der Waals surface area contributed by atoms with Gasteiger partial charge in [-0.25, -0.2) is 4.79 Å². The lowest BCUT2D eigenvalue weighted by molar-refractivity contribution is -0.151. The van der Waals surface area contributed by atoms with Gasteiger partial charge in [0, 0.05) is 17.9 Å². The van der Waals surface area contributed by atoms with Gasteiger partial charge in [0.2, 0.25) is 0 Å². The zero-order valence-electron chi connectivity index (χ0n) is 11.4. The van der Waals surface area contributed by atoms with E-state index in [1.807, 2.05) is 19.9 Å². The summed E-state index contributed by atoms with van der Waals surface area (Å²) in [5, 5.41) is 10.3. The Bertz CT molecular complexity index is 467. The highest BCUT2D eigenvalue weighted by atomic mass is 16.6. The van der Waals surface area contributed by atoms with Crippen LogP contribution in [0.1, 0.15) is 33.1 Å². The minimum Gasteiger partial charge on any atom is -0.458 e. The minimum atomic E-state index is -0.663. The van der Waals surface area contributed by atoms with Crippen molar-refractivity contribution in [2.24, 2.45) is 5.92 Å². The van der Waals surface area contributed by atoms with Crippen molar-refractivity contribution in [2.45, 2.75) is 57.0 Å². The molecule has 3 aliphatic rings. The van der Waals surface area contributed by atoms with E-state index in [1.165, 1.54) is 0 Å². The molecule has 2 fully saturated rings. The molecular weight excluding hydrogens is 244 g/mol. The molecule has 4 heteroatoms. The average molecular weight is 264 g/mol. The second kappa shape index (κ2) is 4.18. The summed E-state index contributed by atoms with van der Waals surface area (Å²) in [5.74, 6) is -0.290. The summed E-state index contributed by atoms with van der Waals surface area (Å²) in [6.07, 6.45) is 3.02. The number of ether oxygens (including phenoxy) is 2. The molecule has 2 bridgehead atoms. The van der Waals surface area contributed by atoms with E-state index >= 15 is 0 Å². The predicted molar refractivity (Wildman–Crippen MR) is 69.4 cm³/mol. The summed E-state index contributed by atoms with van der Waals surface area (Å²) < 4.78 is 11.6. The number of hydrogen-bond donors (Lipinski definition) is 1. The number of fused-ring (bicyclic) bond motifs is 3. The molecule has 4 nitrogen and oxygen atoms in total. The molecule has 0 aromatic carbocycles. The van der Waals surface area contributed by atoms with Crippen LogP contribution in [0.25, 0.3) is 0 Å². The number of esters is 1. The third-order valence-electron chi connectivity index (χ3n) is 4.78. The first-order valence-corrected chi connectivity index (χ1v) is 6.83. The fraction of sp³-hybridized carbons (Fsp3) is 0.667. The van der Waals surface area contributed by atoms with Crippen LogP contribution >= 0.6 is 0 Å². The number of carbonyl (C=O) groups is 1. The highest BCUT2D eigenvalue weighted by molar-refractivity contribution is 5.90. The van der Waals surface area contributed by atoms with Crippen LogP contribution in [0.2, 0.25) is 0 Å². The van der Waals surface area contributed by atoms with Crippen LogP contribution in [-0.2, 0) is 14.3 Å². The number of aliphatic hydroxyl groups is 1. The van der Waals surface area contributed by atoms with Crippen molar-refractivity contribution in [1.82, 2.24) is 0 Å². The van der Waals surface area contributed by atoms with Crippen LogP contribution in [0, 0.1) is 5.92 Å². The molecule has 0 aromatic rings. The van der Waals surface area contributed by atoms with Crippen LogP contribution in [0.15, 0.2) is 23.8 Å². The molecule has 3 rings (SSSR count). The Morgan fingerprint density at radius 2 is 2.26 bits per heavy atom. The normalized spacial score (nSPS) is 45.9. The van der Waals surface area contributed by atoms with Gasteiger partial charge in [0.15, 0.2) is 0 Å². The van der Waals surface area contributed by atoms with Crippen molar-refractivity contribution in [1.29, 1.82) is 0 Å². The molecule has 0 aliphatic carbocycles. The Morgan fingerprint density at radius 1 is 1.53 bits per heavy atom. The lowest BCUT2D eigenvalue weighted by Gasteiger charge is -2.35. The van der Waals surface area contributed by atoms with Crippen LogP contribution < -0.4 is 0 Å². The zero-order valence-corrected chi connectivity index (χ0v) is 11.4. The van der Waals surface area contributed by atoms with Gasteiger partial charge < -0.3 is 14.6 Å². The first-order valence-electron chi connectivity index (χ1n) is 6.83. The van der Waals surface area contributed by atoms with E-state index in [0.717, 1.165) is 5.57 Å². The van der Waals surface area contributed by atoms with Gasteiger partial charge in [-0.3, -0.25) is 0 Å². The van der Waals surface area contributed by atoms with Crippen molar-refractivity contribution >= 4 is 5.97 Å². The largest absolute Gasteiger partial charge is 0.458 e. The number of rotatable bonds is 0. The summed E-state index contributed by atoms with van der Waals surface area (Å²) in [6, 6.07) is 0. The van der Waals surface area contributed by atoms with E-state index in [-0.39, 0.29) is 24.1 Å². The van der Waals surface area contributed by atoms with Crippen molar-refractivity contribution in [2.75, 3.05) is 0 Å². The highest BCUT2D eigenvalue weighted by Crippen LogP contribution is 2.44. The molecule has 0 saturated carbocycles. The van der Waals surface area contributed by atoms with E-state index in [4.69, 9.17) is 9.47 Å². The molecule has 0 radical (unpaired) electrons. The van der Waals surface area contributed by atoms with Gasteiger partial charge in [-0.1, -0.05) is 12.7 Å². The second-order valence-corrected chi connectivity index (χ2v) is 6.13. The van der Waals surface area contributed by atoms with E-state index < -0.39 is 11.7 Å².